The minimum atomic E-state index is -0.260. The highest BCUT2D eigenvalue weighted by atomic mass is 35.5. The van der Waals surface area contributed by atoms with Crippen molar-refractivity contribution < 1.29 is 9.59 Å². The van der Waals surface area contributed by atoms with E-state index in [1.807, 2.05) is 40.7 Å². The molecule has 6 rings (SSSR count). The number of para-hydroxylation sites is 1. The maximum absolute atomic E-state index is 13.3. The fraction of sp³-hybridized carbons (Fsp3) is 0.400. The maximum atomic E-state index is 13.3. The molecule has 1 aliphatic heterocycles. The van der Waals surface area contributed by atoms with Gasteiger partial charge in [-0.25, -0.2) is 4.98 Å². The van der Waals surface area contributed by atoms with Crippen LogP contribution in [-0.4, -0.2) is 61.8 Å². The van der Waals surface area contributed by atoms with Crippen LogP contribution in [0.1, 0.15) is 60.6 Å². The standard InChI is InChI=1S/C30H33ClN6O2/c1-20-18-21(14-15-32-20)29(39)34-30-33-26-8-4-7-25(31)28(26)37(30)24-6-2-3-16-35(19-24)27(38)9-5-17-36(22-10-11-22)23-12-13-23/h4-5,7-10,14-15,18,23-24H,2-3,6,11-13,16-17,19H2,1H3,(H,33,34,39)/b9-5+/t24-/m1/s1. The third-order valence-corrected chi connectivity index (χ3v) is 7.98. The lowest BCUT2D eigenvalue weighted by atomic mass is 10.1. The highest BCUT2D eigenvalue weighted by Crippen LogP contribution is 2.36. The van der Waals surface area contributed by atoms with E-state index in [9.17, 15) is 9.59 Å². The van der Waals surface area contributed by atoms with Gasteiger partial charge in [-0.15, -0.1) is 0 Å². The van der Waals surface area contributed by atoms with Crippen molar-refractivity contribution in [3.8, 4) is 0 Å². The van der Waals surface area contributed by atoms with Crippen LogP contribution >= 0.6 is 11.6 Å². The number of allylic oxidation sites excluding steroid dienone is 2. The lowest BCUT2D eigenvalue weighted by Crippen LogP contribution is -2.35. The second kappa shape index (κ2) is 10.8. The van der Waals surface area contributed by atoms with Crippen LogP contribution in [0.25, 0.3) is 11.0 Å². The summed E-state index contributed by atoms with van der Waals surface area (Å²) in [5.74, 6) is 0.199. The Bertz CT molecular complexity index is 1470. The van der Waals surface area contributed by atoms with Crippen molar-refractivity contribution in [3.05, 3.63) is 76.7 Å². The Kier molecular flexibility index (Phi) is 7.12. The van der Waals surface area contributed by atoms with Crippen LogP contribution in [0.3, 0.4) is 0 Å². The van der Waals surface area contributed by atoms with Crippen molar-refractivity contribution >= 4 is 40.4 Å². The summed E-state index contributed by atoms with van der Waals surface area (Å²) in [7, 11) is 0. The van der Waals surface area contributed by atoms with Crippen molar-refractivity contribution in [2.24, 2.45) is 0 Å². The van der Waals surface area contributed by atoms with E-state index >= 15 is 0 Å². The Balaban J connectivity index is 1.25. The zero-order valence-corrected chi connectivity index (χ0v) is 22.9. The van der Waals surface area contributed by atoms with Crippen LogP contribution < -0.4 is 5.32 Å². The van der Waals surface area contributed by atoms with Gasteiger partial charge < -0.3 is 14.4 Å². The lowest BCUT2D eigenvalue weighted by molar-refractivity contribution is -0.126. The van der Waals surface area contributed by atoms with E-state index in [0.29, 0.717) is 41.2 Å². The molecule has 8 nitrogen and oxygen atoms in total. The minimum absolute atomic E-state index is 0.0239. The predicted octanol–water partition coefficient (Wildman–Crippen LogP) is 5.51. The summed E-state index contributed by atoms with van der Waals surface area (Å²) in [6.45, 7) is 3.86. The third kappa shape index (κ3) is 5.71. The number of halogens is 1. The van der Waals surface area contributed by atoms with Gasteiger partial charge in [0.25, 0.3) is 5.91 Å². The van der Waals surface area contributed by atoms with E-state index in [0.717, 1.165) is 43.4 Å². The van der Waals surface area contributed by atoms with E-state index in [1.165, 1.54) is 18.5 Å². The third-order valence-electron chi connectivity index (χ3n) is 7.67. The molecule has 0 spiro atoms. The van der Waals surface area contributed by atoms with Crippen molar-refractivity contribution in [2.75, 3.05) is 25.0 Å². The van der Waals surface area contributed by atoms with Crippen LogP contribution in [0, 0.1) is 6.92 Å². The van der Waals surface area contributed by atoms with Gasteiger partial charge in [-0.3, -0.25) is 19.9 Å². The van der Waals surface area contributed by atoms with Crippen molar-refractivity contribution in [1.82, 2.24) is 24.3 Å². The number of fused-ring (bicyclic) bond motifs is 1. The minimum Gasteiger partial charge on any atom is -0.368 e. The van der Waals surface area contributed by atoms with Gasteiger partial charge in [0.1, 0.15) is 0 Å². The van der Waals surface area contributed by atoms with E-state index in [1.54, 1.807) is 24.4 Å². The lowest BCUT2D eigenvalue weighted by Gasteiger charge is -2.26. The van der Waals surface area contributed by atoms with Gasteiger partial charge in [0, 0.05) is 61.3 Å². The van der Waals surface area contributed by atoms with Gasteiger partial charge in [0.2, 0.25) is 11.9 Å². The Morgan fingerprint density at radius 3 is 2.82 bits per heavy atom. The number of nitrogens with zero attached hydrogens (tertiary/aromatic N) is 5. The fourth-order valence-electron chi connectivity index (χ4n) is 5.48. The molecule has 39 heavy (non-hydrogen) atoms. The van der Waals surface area contributed by atoms with E-state index in [-0.39, 0.29) is 17.9 Å². The molecule has 2 aliphatic carbocycles. The molecule has 1 N–H and O–H groups in total. The van der Waals surface area contributed by atoms with Crippen molar-refractivity contribution in [2.45, 2.75) is 57.5 Å². The van der Waals surface area contributed by atoms with Crippen molar-refractivity contribution in [3.63, 3.8) is 0 Å². The van der Waals surface area contributed by atoms with E-state index in [4.69, 9.17) is 16.6 Å². The summed E-state index contributed by atoms with van der Waals surface area (Å²) >= 11 is 6.69. The molecule has 2 aromatic heterocycles. The highest BCUT2D eigenvalue weighted by molar-refractivity contribution is 6.35. The molecule has 3 aromatic rings. The number of imidazole rings is 1. The number of rotatable bonds is 8. The van der Waals surface area contributed by atoms with Gasteiger partial charge in [-0.1, -0.05) is 29.8 Å². The molecule has 0 unspecified atom stereocenters. The Morgan fingerprint density at radius 2 is 2.05 bits per heavy atom. The number of likely N-dealkylation sites (tertiary alicyclic amines) is 1. The van der Waals surface area contributed by atoms with Gasteiger partial charge in [-0.2, -0.15) is 0 Å². The normalized spacial score (nSPS) is 19.2. The van der Waals surface area contributed by atoms with E-state index < -0.39 is 0 Å². The molecule has 202 valence electrons. The zero-order valence-electron chi connectivity index (χ0n) is 22.1. The fourth-order valence-corrected chi connectivity index (χ4v) is 5.74. The average Bonchev–Trinajstić information content (AvgIpc) is 3.84. The predicted molar refractivity (Wildman–Crippen MR) is 153 cm³/mol. The number of carbonyl (C=O) groups excluding carboxylic acids is 2. The van der Waals surface area contributed by atoms with Crippen LogP contribution in [0.4, 0.5) is 5.95 Å². The molecule has 1 aromatic carbocycles. The Hall–Kier alpha value is -3.65. The largest absolute Gasteiger partial charge is 0.368 e. The number of aromatic nitrogens is 3. The number of pyridine rings is 1. The van der Waals surface area contributed by atoms with Gasteiger partial charge in [0.05, 0.1) is 22.1 Å². The summed E-state index contributed by atoms with van der Waals surface area (Å²) in [5, 5.41) is 3.58. The van der Waals surface area contributed by atoms with Crippen LogP contribution in [0.15, 0.2) is 60.5 Å². The molecule has 2 amide bonds. The van der Waals surface area contributed by atoms with Crippen LogP contribution in [0.2, 0.25) is 5.02 Å². The first-order valence-corrected chi connectivity index (χ1v) is 14.2. The second-order valence-electron chi connectivity index (χ2n) is 10.7. The van der Waals surface area contributed by atoms with Crippen molar-refractivity contribution in [1.29, 1.82) is 0 Å². The maximum Gasteiger partial charge on any atom is 0.258 e. The number of amides is 2. The first kappa shape index (κ1) is 25.6. The van der Waals surface area contributed by atoms with E-state index in [2.05, 4.69) is 21.3 Å². The molecular weight excluding hydrogens is 512 g/mol. The molecule has 1 saturated heterocycles. The smallest absolute Gasteiger partial charge is 0.258 e. The van der Waals surface area contributed by atoms with Crippen LogP contribution in [0.5, 0.6) is 0 Å². The summed E-state index contributed by atoms with van der Waals surface area (Å²) in [6.07, 6.45) is 13.9. The number of hydrogen-bond donors (Lipinski definition) is 1. The molecule has 0 bridgehead atoms. The first-order valence-electron chi connectivity index (χ1n) is 13.8. The van der Waals surface area contributed by atoms with Gasteiger partial charge >= 0.3 is 0 Å². The quantitative estimate of drug-likeness (QED) is 0.378. The number of carbonyl (C=O) groups is 2. The first-order chi connectivity index (χ1) is 19.0. The summed E-state index contributed by atoms with van der Waals surface area (Å²) in [5.41, 5.74) is 4.16. The number of anilines is 1. The molecular formula is C30H33ClN6O2. The molecule has 3 aliphatic rings. The SMILES string of the molecule is Cc1cc(C(=O)Nc2nc3cccc(Cl)c3n2[C@@H]2CCCCN(C(=O)/C=C/CN(C3=CC3)C3CC3)C2)ccn1. The van der Waals surface area contributed by atoms with Crippen LogP contribution in [-0.2, 0) is 4.79 Å². The Morgan fingerprint density at radius 1 is 1.21 bits per heavy atom. The number of aryl methyl sites for hydroxylation is 1. The molecule has 2 fully saturated rings. The summed E-state index contributed by atoms with van der Waals surface area (Å²) in [6, 6.07) is 9.59. The summed E-state index contributed by atoms with van der Waals surface area (Å²) in [4.78, 5) is 39.8. The highest BCUT2D eigenvalue weighted by Gasteiger charge is 2.32. The zero-order chi connectivity index (χ0) is 26.9. The second-order valence-corrected chi connectivity index (χ2v) is 11.1. The Labute approximate surface area is 233 Å². The number of nitrogens with one attached hydrogen (secondary N) is 1. The topological polar surface area (TPSA) is 83.4 Å². The number of benzene rings is 1. The number of hydrogen-bond acceptors (Lipinski definition) is 5. The molecule has 1 atom stereocenters. The average molecular weight is 545 g/mol. The van der Waals surface area contributed by atoms with Gasteiger partial charge in [-0.05, 0) is 63.3 Å². The molecule has 9 heteroatoms. The van der Waals surface area contributed by atoms with Gasteiger partial charge in [0.15, 0.2) is 0 Å². The summed E-state index contributed by atoms with van der Waals surface area (Å²) < 4.78 is 2.02. The molecule has 0 radical (unpaired) electrons. The molecule has 3 heterocycles. The monoisotopic (exact) mass is 544 g/mol. The molecule has 1 saturated carbocycles.